The normalized spacial score (nSPS) is 18.9. The summed E-state index contributed by atoms with van der Waals surface area (Å²) in [6, 6.07) is 0.0162. The highest BCUT2D eigenvalue weighted by Crippen LogP contribution is 2.21. The average molecular weight is 305 g/mol. The monoisotopic (exact) mass is 305 g/mol. The molecule has 112 valence electrons. The average Bonchev–Trinajstić information content (AvgIpc) is 3.16. The molecule has 1 fully saturated rings. The number of hydrogen-bond donors (Lipinski definition) is 1. The molecule has 2 aromatic heterocycles. The Kier molecular flexibility index (Phi) is 4.31. The van der Waals surface area contributed by atoms with Crippen molar-refractivity contribution >= 4 is 17.2 Å². The van der Waals surface area contributed by atoms with Gasteiger partial charge in [-0.25, -0.2) is 9.97 Å². The van der Waals surface area contributed by atoms with Crippen molar-refractivity contribution < 1.29 is 4.79 Å². The molecule has 3 heterocycles. The van der Waals surface area contributed by atoms with Crippen molar-refractivity contribution in [3.63, 3.8) is 0 Å². The van der Waals surface area contributed by atoms with Gasteiger partial charge in [0.05, 0.1) is 5.01 Å². The summed E-state index contributed by atoms with van der Waals surface area (Å²) in [5.41, 5.74) is 0. The van der Waals surface area contributed by atoms with Crippen LogP contribution in [0.2, 0.25) is 0 Å². The first-order valence-electron chi connectivity index (χ1n) is 7.11. The quantitative estimate of drug-likeness (QED) is 0.915. The highest BCUT2D eigenvalue weighted by molar-refractivity contribution is 7.09. The van der Waals surface area contributed by atoms with Crippen LogP contribution in [0.1, 0.15) is 23.3 Å². The van der Waals surface area contributed by atoms with E-state index in [1.54, 1.807) is 23.7 Å². The van der Waals surface area contributed by atoms with Gasteiger partial charge in [0, 0.05) is 63.5 Å². The van der Waals surface area contributed by atoms with Crippen LogP contribution in [0.25, 0.3) is 0 Å². The molecule has 0 radical (unpaired) electrons. The number of piperazine rings is 1. The Bertz CT molecular complexity index is 594. The minimum absolute atomic E-state index is 0.0162. The van der Waals surface area contributed by atoms with Gasteiger partial charge >= 0.3 is 0 Å². The number of amides is 1. The summed E-state index contributed by atoms with van der Waals surface area (Å²) in [6.07, 6.45) is 6.71. The zero-order valence-corrected chi connectivity index (χ0v) is 12.8. The molecule has 6 nitrogen and oxygen atoms in total. The van der Waals surface area contributed by atoms with E-state index in [2.05, 4.69) is 15.3 Å². The smallest absolute Gasteiger partial charge is 0.223 e. The molecule has 21 heavy (non-hydrogen) atoms. The van der Waals surface area contributed by atoms with Gasteiger partial charge < -0.3 is 14.8 Å². The van der Waals surface area contributed by atoms with Crippen LogP contribution in [-0.4, -0.2) is 45.0 Å². The van der Waals surface area contributed by atoms with Crippen molar-refractivity contribution in [2.75, 3.05) is 19.6 Å². The first-order chi connectivity index (χ1) is 10.3. The molecule has 7 heteroatoms. The molecule has 0 aliphatic carbocycles. The minimum atomic E-state index is 0.0162. The maximum absolute atomic E-state index is 12.5. The fourth-order valence-corrected chi connectivity index (χ4v) is 3.29. The van der Waals surface area contributed by atoms with E-state index in [9.17, 15) is 4.79 Å². The number of carbonyl (C=O) groups is 1. The zero-order chi connectivity index (χ0) is 14.7. The fraction of sp³-hybridized carbons (Fsp3) is 0.500. The highest BCUT2D eigenvalue weighted by Gasteiger charge is 2.30. The largest absolute Gasteiger partial charge is 0.336 e. The van der Waals surface area contributed by atoms with Gasteiger partial charge in [-0.15, -0.1) is 11.3 Å². The lowest BCUT2D eigenvalue weighted by Crippen LogP contribution is -2.49. The van der Waals surface area contributed by atoms with E-state index in [1.165, 1.54) is 0 Å². The second-order valence-electron chi connectivity index (χ2n) is 5.13. The molecule has 1 aliphatic heterocycles. The third-order valence-corrected chi connectivity index (χ3v) is 4.60. The maximum atomic E-state index is 12.5. The molecule has 0 saturated carbocycles. The van der Waals surface area contributed by atoms with Gasteiger partial charge in [-0.3, -0.25) is 4.79 Å². The molecule has 1 N–H and O–H groups in total. The SMILES string of the molecule is Cn1ccnc1C1CNCCN1C(=O)CCc1nccs1. The molecule has 1 amide bonds. The van der Waals surface area contributed by atoms with Gasteiger partial charge in [0.2, 0.25) is 5.91 Å². The lowest BCUT2D eigenvalue weighted by molar-refractivity contribution is -0.134. The first-order valence-corrected chi connectivity index (χ1v) is 7.99. The Morgan fingerprint density at radius 2 is 2.38 bits per heavy atom. The van der Waals surface area contributed by atoms with E-state index in [0.29, 0.717) is 12.8 Å². The molecular formula is C14H19N5OS. The predicted octanol–water partition coefficient (Wildman–Crippen LogP) is 0.982. The van der Waals surface area contributed by atoms with Gasteiger partial charge in [0.1, 0.15) is 11.9 Å². The van der Waals surface area contributed by atoms with Crippen molar-refractivity contribution in [3.8, 4) is 0 Å². The lowest BCUT2D eigenvalue weighted by atomic mass is 10.1. The topological polar surface area (TPSA) is 63.1 Å². The summed E-state index contributed by atoms with van der Waals surface area (Å²) in [5, 5.41) is 6.31. The molecule has 1 aliphatic rings. The van der Waals surface area contributed by atoms with Crippen LogP contribution in [-0.2, 0) is 18.3 Å². The van der Waals surface area contributed by atoms with Crippen LogP contribution in [0.15, 0.2) is 24.0 Å². The number of hydrogen-bond acceptors (Lipinski definition) is 5. The zero-order valence-electron chi connectivity index (χ0n) is 12.0. The van der Waals surface area contributed by atoms with E-state index in [4.69, 9.17) is 0 Å². The number of imidazole rings is 1. The molecule has 1 unspecified atom stereocenters. The van der Waals surface area contributed by atoms with E-state index in [1.807, 2.05) is 28.1 Å². The lowest BCUT2D eigenvalue weighted by Gasteiger charge is -2.35. The van der Waals surface area contributed by atoms with Crippen molar-refractivity contribution in [3.05, 3.63) is 34.8 Å². The van der Waals surface area contributed by atoms with Crippen molar-refractivity contribution in [1.82, 2.24) is 24.8 Å². The molecule has 0 aromatic carbocycles. The Hall–Kier alpha value is -1.73. The van der Waals surface area contributed by atoms with Gasteiger partial charge in [0.25, 0.3) is 0 Å². The van der Waals surface area contributed by atoms with E-state index >= 15 is 0 Å². The highest BCUT2D eigenvalue weighted by atomic mass is 32.1. The number of aromatic nitrogens is 3. The number of nitrogens with one attached hydrogen (secondary N) is 1. The molecule has 2 aromatic rings. The Balaban J connectivity index is 1.69. The Labute approximate surface area is 127 Å². The van der Waals surface area contributed by atoms with Gasteiger partial charge in [-0.1, -0.05) is 0 Å². The third kappa shape index (κ3) is 3.14. The van der Waals surface area contributed by atoms with Crippen LogP contribution in [0.5, 0.6) is 0 Å². The Morgan fingerprint density at radius 1 is 1.48 bits per heavy atom. The molecule has 1 atom stereocenters. The van der Waals surface area contributed by atoms with Crippen molar-refractivity contribution in [1.29, 1.82) is 0 Å². The van der Waals surface area contributed by atoms with Gasteiger partial charge in [-0.05, 0) is 0 Å². The third-order valence-electron chi connectivity index (χ3n) is 3.76. The molecule has 0 spiro atoms. The van der Waals surface area contributed by atoms with Gasteiger partial charge in [-0.2, -0.15) is 0 Å². The number of carbonyl (C=O) groups excluding carboxylic acids is 1. The second-order valence-corrected chi connectivity index (χ2v) is 6.11. The van der Waals surface area contributed by atoms with Gasteiger partial charge in [0.15, 0.2) is 0 Å². The van der Waals surface area contributed by atoms with Crippen molar-refractivity contribution in [2.45, 2.75) is 18.9 Å². The minimum Gasteiger partial charge on any atom is -0.336 e. The number of aryl methyl sites for hydroxylation is 2. The van der Waals surface area contributed by atoms with Crippen LogP contribution in [0.4, 0.5) is 0 Å². The van der Waals surface area contributed by atoms with Crippen LogP contribution in [0, 0.1) is 0 Å². The van der Waals surface area contributed by atoms with E-state index in [-0.39, 0.29) is 11.9 Å². The van der Waals surface area contributed by atoms with Crippen LogP contribution in [0.3, 0.4) is 0 Å². The maximum Gasteiger partial charge on any atom is 0.223 e. The molecule has 3 rings (SSSR count). The first kappa shape index (κ1) is 14.2. The summed E-state index contributed by atoms with van der Waals surface area (Å²) in [6.45, 7) is 2.33. The van der Waals surface area contributed by atoms with Crippen LogP contribution < -0.4 is 5.32 Å². The molecule has 0 bridgehead atoms. The summed E-state index contributed by atoms with van der Waals surface area (Å²) in [5.74, 6) is 1.12. The standard InChI is InChI=1S/C14H19N5OS/c1-18-7-5-17-14(18)11-10-15-4-8-19(11)13(20)3-2-12-16-6-9-21-12/h5-7,9,11,15H,2-4,8,10H2,1H3. The number of nitrogens with zero attached hydrogens (tertiary/aromatic N) is 4. The molecule has 1 saturated heterocycles. The number of rotatable bonds is 4. The van der Waals surface area contributed by atoms with E-state index < -0.39 is 0 Å². The number of thiazole rings is 1. The van der Waals surface area contributed by atoms with Crippen LogP contribution >= 0.6 is 11.3 Å². The second kappa shape index (κ2) is 6.36. The molecular weight excluding hydrogens is 286 g/mol. The summed E-state index contributed by atoms with van der Waals surface area (Å²) in [7, 11) is 1.97. The fourth-order valence-electron chi connectivity index (χ4n) is 2.67. The summed E-state index contributed by atoms with van der Waals surface area (Å²) >= 11 is 1.60. The van der Waals surface area contributed by atoms with E-state index in [0.717, 1.165) is 30.5 Å². The Morgan fingerprint density at radius 3 is 3.10 bits per heavy atom. The summed E-state index contributed by atoms with van der Waals surface area (Å²) < 4.78 is 1.98. The predicted molar refractivity (Wildman–Crippen MR) is 81.0 cm³/mol. The van der Waals surface area contributed by atoms with Crippen molar-refractivity contribution in [2.24, 2.45) is 7.05 Å². The summed E-state index contributed by atoms with van der Waals surface area (Å²) in [4.78, 5) is 23.1.